The molecule has 94 valence electrons. The van der Waals surface area contributed by atoms with Gasteiger partial charge in [-0.05, 0) is 24.0 Å². The van der Waals surface area contributed by atoms with Crippen LogP contribution in [0.4, 0.5) is 0 Å². The predicted octanol–water partition coefficient (Wildman–Crippen LogP) is 4.16. The monoisotopic (exact) mass is 252 g/mol. The molecule has 1 N–H and O–H groups in total. The van der Waals surface area contributed by atoms with Crippen LogP contribution in [0.15, 0.2) is 29.2 Å². The van der Waals surface area contributed by atoms with Gasteiger partial charge in [-0.3, -0.25) is 4.79 Å². The van der Waals surface area contributed by atoms with Crippen LogP contribution in [0.3, 0.4) is 0 Å². The number of carboxylic acids is 1. The Morgan fingerprint density at radius 2 is 2.00 bits per heavy atom. The minimum atomic E-state index is -0.713. The lowest BCUT2D eigenvalue weighted by atomic mass is 10.0. The van der Waals surface area contributed by atoms with E-state index in [1.807, 2.05) is 25.1 Å². The zero-order valence-electron chi connectivity index (χ0n) is 10.6. The van der Waals surface area contributed by atoms with Crippen LogP contribution in [0, 0.1) is 0 Å². The lowest BCUT2D eigenvalue weighted by Gasteiger charge is -2.16. The molecule has 0 aromatic heterocycles. The van der Waals surface area contributed by atoms with Gasteiger partial charge in [0, 0.05) is 4.90 Å². The fourth-order valence-electron chi connectivity index (χ4n) is 1.71. The molecule has 3 heteroatoms. The molecule has 0 saturated carbocycles. The highest BCUT2D eigenvalue weighted by atomic mass is 32.2. The maximum Gasteiger partial charge on any atom is 0.316 e. The Morgan fingerprint density at radius 3 is 2.53 bits per heavy atom. The Hall–Kier alpha value is -0.960. The van der Waals surface area contributed by atoms with Gasteiger partial charge in [0.2, 0.25) is 0 Å². The molecule has 2 nitrogen and oxygen atoms in total. The van der Waals surface area contributed by atoms with Crippen molar-refractivity contribution < 1.29 is 9.90 Å². The molecule has 0 aliphatic heterocycles. The lowest BCUT2D eigenvalue weighted by Crippen LogP contribution is -2.16. The Morgan fingerprint density at radius 1 is 1.35 bits per heavy atom. The van der Waals surface area contributed by atoms with Gasteiger partial charge in [-0.1, -0.05) is 45.4 Å². The van der Waals surface area contributed by atoms with Crippen LogP contribution in [0.25, 0.3) is 0 Å². The molecule has 0 spiro atoms. The zero-order chi connectivity index (χ0) is 12.8. The smallest absolute Gasteiger partial charge is 0.316 e. The summed E-state index contributed by atoms with van der Waals surface area (Å²) in [4.78, 5) is 12.3. The van der Waals surface area contributed by atoms with Crippen molar-refractivity contribution in [3.05, 3.63) is 29.8 Å². The predicted molar refractivity (Wildman–Crippen MR) is 72.7 cm³/mol. The SMILES string of the molecule is CCCC(Sc1ccccc1C(C)C)C(=O)O. The van der Waals surface area contributed by atoms with Crippen molar-refractivity contribution in [1.29, 1.82) is 0 Å². The van der Waals surface area contributed by atoms with Crippen molar-refractivity contribution in [3.63, 3.8) is 0 Å². The second-order valence-electron chi connectivity index (χ2n) is 4.43. The fourth-order valence-corrected chi connectivity index (χ4v) is 3.07. The first-order chi connectivity index (χ1) is 8.06. The van der Waals surface area contributed by atoms with Crippen LogP contribution < -0.4 is 0 Å². The third-order valence-electron chi connectivity index (χ3n) is 2.64. The molecular formula is C14H20O2S. The Labute approximate surface area is 107 Å². The Bertz CT molecular complexity index is 374. The van der Waals surface area contributed by atoms with Crippen molar-refractivity contribution in [2.75, 3.05) is 0 Å². The van der Waals surface area contributed by atoms with E-state index in [0.717, 1.165) is 11.3 Å². The van der Waals surface area contributed by atoms with Crippen LogP contribution in [-0.4, -0.2) is 16.3 Å². The van der Waals surface area contributed by atoms with Crippen molar-refractivity contribution in [2.45, 2.75) is 49.7 Å². The number of hydrogen-bond acceptors (Lipinski definition) is 2. The van der Waals surface area contributed by atoms with E-state index in [0.29, 0.717) is 12.3 Å². The number of carbonyl (C=O) groups is 1. The van der Waals surface area contributed by atoms with Crippen LogP contribution in [0.1, 0.15) is 45.1 Å². The first kappa shape index (κ1) is 14.1. The zero-order valence-corrected chi connectivity index (χ0v) is 11.5. The standard InChI is InChI=1S/C14H20O2S/c1-4-7-13(14(15)16)17-12-9-6-5-8-11(12)10(2)3/h5-6,8-10,13H,4,7H2,1-3H3,(H,15,16). The molecule has 1 unspecified atom stereocenters. The number of hydrogen-bond donors (Lipinski definition) is 1. The summed E-state index contributed by atoms with van der Waals surface area (Å²) in [6.07, 6.45) is 1.61. The summed E-state index contributed by atoms with van der Waals surface area (Å²) < 4.78 is 0. The highest BCUT2D eigenvalue weighted by Crippen LogP contribution is 2.32. The largest absolute Gasteiger partial charge is 0.480 e. The molecule has 1 aromatic carbocycles. The quantitative estimate of drug-likeness (QED) is 0.773. The summed E-state index contributed by atoms with van der Waals surface area (Å²) in [6.45, 7) is 6.29. The average Bonchev–Trinajstić information content (AvgIpc) is 2.28. The molecule has 0 aliphatic rings. The number of rotatable bonds is 6. The minimum absolute atomic E-state index is 0.333. The molecule has 1 aromatic rings. The second-order valence-corrected chi connectivity index (χ2v) is 5.67. The van der Waals surface area contributed by atoms with Gasteiger partial charge < -0.3 is 5.11 Å². The maximum atomic E-state index is 11.2. The van der Waals surface area contributed by atoms with Crippen molar-refractivity contribution in [1.82, 2.24) is 0 Å². The van der Waals surface area contributed by atoms with E-state index in [2.05, 4.69) is 19.9 Å². The summed E-state index contributed by atoms with van der Waals surface area (Å²) in [5.41, 5.74) is 1.24. The van der Waals surface area contributed by atoms with Crippen LogP contribution >= 0.6 is 11.8 Å². The van der Waals surface area contributed by atoms with Crippen molar-refractivity contribution in [3.8, 4) is 0 Å². The molecule has 0 bridgehead atoms. The second kappa shape index (κ2) is 6.70. The van der Waals surface area contributed by atoms with Crippen LogP contribution in [0.5, 0.6) is 0 Å². The molecule has 0 fully saturated rings. The maximum absolute atomic E-state index is 11.2. The number of aliphatic carboxylic acids is 1. The Balaban J connectivity index is 2.88. The van der Waals surface area contributed by atoms with Gasteiger partial charge in [0.05, 0.1) is 0 Å². The number of carboxylic acid groups (broad SMARTS) is 1. The van der Waals surface area contributed by atoms with Crippen molar-refractivity contribution in [2.24, 2.45) is 0 Å². The molecule has 0 heterocycles. The lowest BCUT2D eigenvalue weighted by molar-refractivity contribution is -0.136. The van der Waals surface area contributed by atoms with Gasteiger partial charge in [-0.15, -0.1) is 11.8 Å². The number of thioether (sulfide) groups is 1. The molecule has 0 aliphatic carbocycles. The summed E-state index contributed by atoms with van der Waals surface area (Å²) in [7, 11) is 0. The first-order valence-electron chi connectivity index (χ1n) is 6.04. The highest BCUT2D eigenvalue weighted by molar-refractivity contribution is 8.00. The molecule has 1 atom stereocenters. The van der Waals surface area contributed by atoms with E-state index < -0.39 is 5.97 Å². The molecule has 0 radical (unpaired) electrons. The van der Waals surface area contributed by atoms with Gasteiger partial charge in [-0.25, -0.2) is 0 Å². The molecule has 1 rings (SSSR count). The molecular weight excluding hydrogens is 232 g/mol. The van der Waals surface area contributed by atoms with Crippen molar-refractivity contribution >= 4 is 17.7 Å². The van der Waals surface area contributed by atoms with E-state index in [1.54, 1.807) is 0 Å². The van der Waals surface area contributed by atoms with E-state index in [1.165, 1.54) is 17.3 Å². The van der Waals surface area contributed by atoms with E-state index >= 15 is 0 Å². The summed E-state index contributed by atoms with van der Waals surface area (Å²) in [6, 6.07) is 8.08. The van der Waals surface area contributed by atoms with E-state index in [4.69, 9.17) is 0 Å². The molecule has 0 saturated heterocycles. The molecule has 17 heavy (non-hydrogen) atoms. The van der Waals surface area contributed by atoms with Gasteiger partial charge in [-0.2, -0.15) is 0 Å². The highest BCUT2D eigenvalue weighted by Gasteiger charge is 2.19. The van der Waals surface area contributed by atoms with Gasteiger partial charge in [0.1, 0.15) is 5.25 Å². The first-order valence-corrected chi connectivity index (χ1v) is 6.92. The average molecular weight is 252 g/mol. The molecule has 0 amide bonds. The third-order valence-corrected chi connectivity index (χ3v) is 3.98. The Kier molecular flexibility index (Phi) is 5.56. The summed E-state index contributed by atoms with van der Waals surface area (Å²) in [5, 5.41) is 8.84. The van der Waals surface area contributed by atoms with Crippen LogP contribution in [-0.2, 0) is 4.79 Å². The topological polar surface area (TPSA) is 37.3 Å². The van der Waals surface area contributed by atoms with E-state index in [9.17, 15) is 9.90 Å². The van der Waals surface area contributed by atoms with Gasteiger partial charge in [0.15, 0.2) is 0 Å². The van der Waals surface area contributed by atoms with E-state index in [-0.39, 0.29) is 5.25 Å². The van der Waals surface area contributed by atoms with Gasteiger partial charge >= 0.3 is 5.97 Å². The normalized spacial score (nSPS) is 12.7. The third kappa shape index (κ3) is 4.08. The van der Waals surface area contributed by atoms with Gasteiger partial charge in [0.25, 0.3) is 0 Å². The minimum Gasteiger partial charge on any atom is -0.480 e. The number of benzene rings is 1. The van der Waals surface area contributed by atoms with Crippen LogP contribution in [0.2, 0.25) is 0 Å². The fraction of sp³-hybridized carbons (Fsp3) is 0.500. The summed E-state index contributed by atoms with van der Waals surface area (Å²) >= 11 is 1.48. The summed E-state index contributed by atoms with van der Waals surface area (Å²) in [5.74, 6) is -0.287.